The molecule has 0 bridgehead atoms. The van der Waals surface area contributed by atoms with Crippen molar-refractivity contribution >= 4 is 11.6 Å². The highest BCUT2D eigenvalue weighted by Gasteiger charge is 1.97. The first-order valence-electron chi connectivity index (χ1n) is 18.9. The average molecular weight is 733 g/mol. The summed E-state index contributed by atoms with van der Waals surface area (Å²) in [4.78, 5) is 0. The van der Waals surface area contributed by atoms with E-state index in [9.17, 15) is 0 Å². The summed E-state index contributed by atoms with van der Waals surface area (Å²) in [5.41, 5.74) is 0. The van der Waals surface area contributed by atoms with Crippen LogP contribution in [0.15, 0.2) is 0 Å². The van der Waals surface area contributed by atoms with Crippen LogP contribution in [0.1, 0.15) is 71.1 Å². The molecule has 0 aromatic rings. The molecule has 0 saturated carbocycles. The summed E-state index contributed by atoms with van der Waals surface area (Å²) in [5, 5.41) is 0. The summed E-state index contributed by atoms with van der Waals surface area (Å²) < 4.78 is 65.7. The average Bonchev–Trinajstić information content (AvgIpc) is 3.11. The molecule has 0 saturated heterocycles. The third-order valence-electron chi connectivity index (χ3n) is 6.96. The molecule has 0 fully saturated rings. The summed E-state index contributed by atoms with van der Waals surface area (Å²) >= 11 is 5.52. The second-order valence-electron chi connectivity index (χ2n) is 11.2. The lowest BCUT2D eigenvalue weighted by Crippen LogP contribution is -2.15. The Bertz CT molecular complexity index is 522. The summed E-state index contributed by atoms with van der Waals surface area (Å²) in [6, 6.07) is 0. The molecule has 0 spiro atoms. The van der Waals surface area contributed by atoms with Gasteiger partial charge in [-0.1, -0.05) is 64.7 Å². The molecular weight excluding hydrogens is 660 g/mol. The molecule has 0 aromatic carbocycles. The normalized spacial score (nSPS) is 11.6. The first-order chi connectivity index (χ1) is 24.4. The number of hydrogen-bond donors (Lipinski definition) is 0. The SMILES string of the molecule is CCCCCCCCCCCCOCCOCCOCCOCCOCCOCCOCCOCCOCCOCCOCCOCCCl. The molecule has 0 aliphatic carbocycles. The molecular formula is C36H73ClO12. The number of rotatable bonds is 46. The molecule has 0 aromatic heterocycles. The van der Waals surface area contributed by atoms with Gasteiger partial charge in [-0.05, 0) is 6.42 Å². The number of ether oxygens (including phenoxy) is 12. The van der Waals surface area contributed by atoms with Gasteiger partial charge < -0.3 is 56.8 Å². The summed E-state index contributed by atoms with van der Waals surface area (Å²) in [7, 11) is 0. The van der Waals surface area contributed by atoms with E-state index in [1.807, 2.05) is 0 Å². The molecule has 0 N–H and O–H groups in total. The van der Waals surface area contributed by atoms with Crippen LogP contribution in [0.25, 0.3) is 0 Å². The van der Waals surface area contributed by atoms with Gasteiger partial charge in [-0.3, -0.25) is 0 Å². The lowest BCUT2D eigenvalue weighted by molar-refractivity contribution is -0.0282. The second kappa shape index (κ2) is 47.8. The highest BCUT2D eigenvalue weighted by atomic mass is 35.5. The topological polar surface area (TPSA) is 111 Å². The monoisotopic (exact) mass is 732 g/mol. The van der Waals surface area contributed by atoms with Crippen molar-refractivity contribution in [2.75, 3.05) is 164 Å². The zero-order valence-corrected chi connectivity index (χ0v) is 31.8. The van der Waals surface area contributed by atoms with E-state index in [1.165, 1.54) is 57.8 Å². The first kappa shape index (κ1) is 48.8. The lowest BCUT2D eigenvalue weighted by atomic mass is 10.1. The van der Waals surface area contributed by atoms with E-state index in [0.29, 0.717) is 158 Å². The molecule has 0 aliphatic rings. The molecule has 49 heavy (non-hydrogen) atoms. The Morgan fingerprint density at radius 3 is 0.633 bits per heavy atom. The highest BCUT2D eigenvalue weighted by Crippen LogP contribution is 2.10. The minimum Gasteiger partial charge on any atom is -0.379 e. The highest BCUT2D eigenvalue weighted by molar-refractivity contribution is 6.17. The minimum atomic E-state index is 0.499. The molecule has 0 radical (unpaired) electrons. The fraction of sp³-hybridized carbons (Fsp3) is 1.00. The Hall–Kier alpha value is -0.190. The van der Waals surface area contributed by atoms with E-state index in [-0.39, 0.29) is 0 Å². The maximum atomic E-state index is 5.65. The Balaban J connectivity index is 3.04. The fourth-order valence-electron chi connectivity index (χ4n) is 4.27. The number of halogens is 1. The van der Waals surface area contributed by atoms with Crippen LogP contribution in [-0.2, 0) is 56.8 Å². The zero-order valence-electron chi connectivity index (χ0n) is 31.0. The molecule has 0 unspecified atom stereocenters. The van der Waals surface area contributed by atoms with Crippen LogP contribution in [0.4, 0.5) is 0 Å². The maximum absolute atomic E-state index is 5.65. The summed E-state index contributed by atoms with van der Waals surface area (Å²) in [6.45, 7) is 15.5. The van der Waals surface area contributed by atoms with Crippen LogP contribution in [0.3, 0.4) is 0 Å². The van der Waals surface area contributed by atoms with Crippen molar-refractivity contribution < 1.29 is 56.8 Å². The Labute approximate surface area is 303 Å². The van der Waals surface area contributed by atoms with Crippen LogP contribution >= 0.6 is 11.6 Å². The first-order valence-corrected chi connectivity index (χ1v) is 19.4. The van der Waals surface area contributed by atoms with Gasteiger partial charge in [0.05, 0.1) is 152 Å². The second-order valence-corrected chi connectivity index (χ2v) is 11.6. The van der Waals surface area contributed by atoms with Gasteiger partial charge in [0, 0.05) is 12.5 Å². The van der Waals surface area contributed by atoms with Gasteiger partial charge in [0.1, 0.15) is 0 Å². The van der Waals surface area contributed by atoms with E-state index in [0.717, 1.165) is 13.0 Å². The van der Waals surface area contributed by atoms with Gasteiger partial charge in [-0.2, -0.15) is 0 Å². The molecule has 13 heteroatoms. The quantitative estimate of drug-likeness (QED) is 0.0595. The number of hydrogen-bond acceptors (Lipinski definition) is 12. The van der Waals surface area contributed by atoms with Crippen molar-refractivity contribution in [3.8, 4) is 0 Å². The number of alkyl halides is 1. The van der Waals surface area contributed by atoms with Gasteiger partial charge >= 0.3 is 0 Å². The van der Waals surface area contributed by atoms with Gasteiger partial charge in [0.15, 0.2) is 0 Å². The molecule has 0 heterocycles. The van der Waals surface area contributed by atoms with Crippen LogP contribution < -0.4 is 0 Å². The van der Waals surface area contributed by atoms with Crippen molar-refractivity contribution in [1.29, 1.82) is 0 Å². The molecule has 12 nitrogen and oxygen atoms in total. The van der Waals surface area contributed by atoms with Crippen LogP contribution in [0.5, 0.6) is 0 Å². The van der Waals surface area contributed by atoms with Gasteiger partial charge in [-0.15, -0.1) is 11.6 Å². The van der Waals surface area contributed by atoms with E-state index in [4.69, 9.17) is 68.4 Å². The Morgan fingerprint density at radius 1 is 0.224 bits per heavy atom. The molecule has 0 aliphatic heterocycles. The summed E-state index contributed by atoms with van der Waals surface area (Å²) in [6.07, 6.45) is 13.4. The van der Waals surface area contributed by atoms with Crippen molar-refractivity contribution in [2.45, 2.75) is 71.1 Å². The van der Waals surface area contributed by atoms with Crippen LogP contribution in [0, 0.1) is 0 Å². The van der Waals surface area contributed by atoms with Crippen molar-refractivity contribution in [2.24, 2.45) is 0 Å². The van der Waals surface area contributed by atoms with Gasteiger partial charge in [0.25, 0.3) is 0 Å². The Morgan fingerprint density at radius 2 is 0.408 bits per heavy atom. The predicted molar refractivity (Wildman–Crippen MR) is 192 cm³/mol. The van der Waals surface area contributed by atoms with Gasteiger partial charge in [0.2, 0.25) is 0 Å². The molecule has 0 atom stereocenters. The van der Waals surface area contributed by atoms with E-state index in [1.54, 1.807) is 0 Å². The van der Waals surface area contributed by atoms with Gasteiger partial charge in [-0.25, -0.2) is 0 Å². The van der Waals surface area contributed by atoms with Crippen LogP contribution in [0.2, 0.25) is 0 Å². The van der Waals surface area contributed by atoms with E-state index in [2.05, 4.69) is 6.92 Å². The number of unbranched alkanes of at least 4 members (excludes halogenated alkanes) is 9. The van der Waals surface area contributed by atoms with Crippen molar-refractivity contribution in [3.05, 3.63) is 0 Å². The largest absolute Gasteiger partial charge is 0.379 e. The smallest absolute Gasteiger partial charge is 0.0701 e. The minimum absolute atomic E-state index is 0.499. The van der Waals surface area contributed by atoms with Crippen molar-refractivity contribution in [3.63, 3.8) is 0 Å². The fourth-order valence-corrected chi connectivity index (χ4v) is 4.38. The molecule has 296 valence electrons. The van der Waals surface area contributed by atoms with E-state index >= 15 is 0 Å². The lowest BCUT2D eigenvalue weighted by Gasteiger charge is -2.09. The summed E-state index contributed by atoms with van der Waals surface area (Å²) in [5.74, 6) is 0.499. The zero-order chi connectivity index (χ0) is 35.2. The Kier molecular flexibility index (Phi) is 47.6. The third kappa shape index (κ3) is 47.8. The predicted octanol–water partition coefficient (Wildman–Crippen LogP) is 5.35. The third-order valence-corrected chi connectivity index (χ3v) is 7.11. The van der Waals surface area contributed by atoms with Crippen molar-refractivity contribution in [1.82, 2.24) is 0 Å². The van der Waals surface area contributed by atoms with Crippen LogP contribution in [-0.4, -0.2) is 164 Å². The molecule has 0 rings (SSSR count). The van der Waals surface area contributed by atoms with E-state index < -0.39 is 0 Å². The molecule has 0 amide bonds. The maximum Gasteiger partial charge on any atom is 0.0701 e. The standard InChI is InChI=1S/C36H73ClO12/c1-2-3-4-5-6-7-8-9-10-11-13-38-15-17-40-19-21-42-23-25-44-27-29-46-31-33-48-35-36-49-34-32-47-30-28-45-26-24-43-22-20-41-18-16-39-14-12-37/h2-36H2,1H3.